The number of carboxylic acid groups (broad SMARTS) is 1. The molecule has 1 atom stereocenters. The fourth-order valence-electron chi connectivity index (χ4n) is 1.67. The monoisotopic (exact) mass is 283 g/mol. The second-order valence-electron chi connectivity index (χ2n) is 5.18. The minimum atomic E-state index is -1.08. The van der Waals surface area contributed by atoms with Gasteiger partial charge in [0, 0.05) is 11.4 Å². The van der Waals surface area contributed by atoms with Gasteiger partial charge in [-0.2, -0.15) is 0 Å². The summed E-state index contributed by atoms with van der Waals surface area (Å²) >= 11 is 6.04. The molecule has 19 heavy (non-hydrogen) atoms. The summed E-state index contributed by atoms with van der Waals surface area (Å²) in [6.07, 6.45) is -0.0723. The molecule has 0 radical (unpaired) electrons. The number of nitrogens with one attached hydrogen (secondary N) is 1. The Kier molecular flexibility index (Phi) is 4.95. The van der Waals surface area contributed by atoms with Crippen LogP contribution in [0.2, 0.25) is 5.02 Å². The summed E-state index contributed by atoms with van der Waals surface area (Å²) < 4.78 is 0. The number of carbonyl (C=O) groups excluding carboxylic acids is 1. The molecule has 1 amide bonds. The fraction of sp³-hybridized carbons (Fsp3) is 0.429. The third-order valence-corrected chi connectivity index (χ3v) is 3.27. The van der Waals surface area contributed by atoms with Crippen molar-refractivity contribution >= 4 is 23.5 Å². The van der Waals surface area contributed by atoms with E-state index in [1.807, 2.05) is 25.1 Å². The first-order chi connectivity index (χ1) is 8.74. The Morgan fingerprint density at radius 1 is 1.37 bits per heavy atom. The Labute approximate surface area is 117 Å². The number of benzene rings is 1. The van der Waals surface area contributed by atoms with Crippen molar-refractivity contribution in [3.05, 3.63) is 34.9 Å². The molecule has 0 aromatic heterocycles. The van der Waals surface area contributed by atoms with Gasteiger partial charge in [-0.25, -0.2) is 0 Å². The van der Waals surface area contributed by atoms with E-state index >= 15 is 0 Å². The predicted octanol–water partition coefficient (Wildman–Crippen LogP) is 3.02. The highest BCUT2D eigenvalue weighted by atomic mass is 35.5. The van der Waals surface area contributed by atoms with Gasteiger partial charge >= 0.3 is 5.97 Å². The molecule has 0 aliphatic carbocycles. The number of hydrogen-bond acceptors (Lipinski definition) is 2. The van der Waals surface area contributed by atoms with E-state index in [9.17, 15) is 9.59 Å². The number of halogens is 1. The number of amides is 1. The Balaban J connectivity index is 2.68. The lowest BCUT2D eigenvalue weighted by Crippen LogP contribution is -2.34. The number of aliphatic carboxylic acids is 1. The van der Waals surface area contributed by atoms with Crippen molar-refractivity contribution in [2.24, 2.45) is 5.41 Å². The standard InChI is InChI=1S/C14H18ClNO3/c1-9(10-6-4-5-7-11(10)15)16-12(17)8-14(2,3)13(18)19/h4-7,9H,8H2,1-3H3,(H,16,17)(H,18,19)/t9-/m1/s1. The summed E-state index contributed by atoms with van der Waals surface area (Å²) in [7, 11) is 0. The first kappa shape index (κ1) is 15.5. The van der Waals surface area contributed by atoms with Gasteiger partial charge in [-0.1, -0.05) is 29.8 Å². The van der Waals surface area contributed by atoms with Gasteiger partial charge in [0.2, 0.25) is 5.91 Å². The minimum absolute atomic E-state index is 0.0723. The van der Waals surface area contributed by atoms with E-state index in [2.05, 4.69) is 5.32 Å². The maximum atomic E-state index is 11.8. The summed E-state index contributed by atoms with van der Waals surface area (Å²) in [6.45, 7) is 4.86. The highest BCUT2D eigenvalue weighted by Crippen LogP contribution is 2.24. The summed E-state index contributed by atoms with van der Waals surface area (Å²) in [6, 6.07) is 6.97. The molecule has 1 aromatic carbocycles. The van der Waals surface area contributed by atoms with Gasteiger partial charge in [0.15, 0.2) is 0 Å². The van der Waals surface area contributed by atoms with E-state index in [-0.39, 0.29) is 18.4 Å². The van der Waals surface area contributed by atoms with Crippen molar-refractivity contribution in [2.75, 3.05) is 0 Å². The molecule has 104 valence electrons. The van der Waals surface area contributed by atoms with Crippen LogP contribution in [-0.2, 0) is 9.59 Å². The number of carbonyl (C=O) groups is 2. The van der Waals surface area contributed by atoms with Crippen LogP contribution in [0.1, 0.15) is 38.8 Å². The molecule has 0 saturated heterocycles. The van der Waals surface area contributed by atoms with Crippen LogP contribution in [0, 0.1) is 5.41 Å². The number of hydrogen-bond donors (Lipinski definition) is 2. The van der Waals surface area contributed by atoms with Crippen LogP contribution < -0.4 is 5.32 Å². The lowest BCUT2D eigenvalue weighted by Gasteiger charge is -2.21. The summed E-state index contributed by atoms with van der Waals surface area (Å²) in [4.78, 5) is 22.8. The molecular weight excluding hydrogens is 266 g/mol. The third-order valence-electron chi connectivity index (χ3n) is 2.93. The van der Waals surface area contributed by atoms with Gasteiger partial charge in [0.25, 0.3) is 0 Å². The Bertz CT molecular complexity index is 485. The van der Waals surface area contributed by atoms with Crippen LogP contribution in [0.3, 0.4) is 0 Å². The third kappa shape index (κ3) is 4.24. The van der Waals surface area contributed by atoms with Crippen LogP contribution in [0.5, 0.6) is 0 Å². The Hall–Kier alpha value is -1.55. The molecule has 0 saturated carbocycles. The molecular formula is C14H18ClNO3. The summed E-state index contributed by atoms with van der Waals surface area (Å²) in [5.74, 6) is -1.30. The predicted molar refractivity (Wildman–Crippen MR) is 74.0 cm³/mol. The van der Waals surface area contributed by atoms with Crippen LogP contribution in [0.25, 0.3) is 0 Å². The zero-order valence-electron chi connectivity index (χ0n) is 11.2. The molecule has 0 spiro atoms. The SMILES string of the molecule is C[C@@H](NC(=O)CC(C)(C)C(=O)O)c1ccccc1Cl. The van der Waals surface area contributed by atoms with E-state index in [0.29, 0.717) is 5.02 Å². The highest BCUT2D eigenvalue weighted by Gasteiger charge is 2.30. The first-order valence-corrected chi connectivity index (χ1v) is 6.39. The molecule has 0 fully saturated rings. The highest BCUT2D eigenvalue weighted by molar-refractivity contribution is 6.31. The number of carboxylic acids is 1. The molecule has 0 heterocycles. The maximum Gasteiger partial charge on any atom is 0.309 e. The van der Waals surface area contributed by atoms with Gasteiger partial charge in [-0.3, -0.25) is 9.59 Å². The van der Waals surface area contributed by atoms with Gasteiger partial charge in [0.05, 0.1) is 11.5 Å². The molecule has 0 unspecified atom stereocenters. The summed E-state index contributed by atoms with van der Waals surface area (Å²) in [5.41, 5.74) is -0.268. The van der Waals surface area contributed by atoms with E-state index in [4.69, 9.17) is 16.7 Å². The lowest BCUT2D eigenvalue weighted by molar-refractivity contribution is -0.149. The van der Waals surface area contributed by atoms with Crippen molar-refractivity contribution in [1.29, 1.82) is 0 Å². The molecule has 4 nitrogen and oxygen atoms in total. The van der Waals surface area contributed by atoms with E-state index < -0.39 is 11.4 Å². The molecule has 2 N–H and O–H groups in total. The maximum absolute atomic E-state index is 11.8. The number of rotatable bonds is 5. The second kappa shape index (κ2) is 6.06. The molecule has 5 heteroatoms. The van der Waals surface area contributed by atoms with Crippen LogP contribution >= 0.6 is 11.6 Å². The van der Waals surface area contributed by atoms with Crippen LogP contribution in [0.4, 0.5) is 0 Å². The van der Waals surface area contributed by atoms with Crippen LogP contribution in [0.15, 0.2) is 24.3 Å². The smallest absolute Gasteiger partial charge is 0.309 e. The zero-order chi connectivity index (χ0) is 14.6. The second-order valence-corrected chi connectivity index (χ2v) is 5.58. The topological polar surface area (TPSA) is 66.4 Å². The van der Waals surface area contributed by atoms with Gasteiger partial charge in [0.1, 0.15) is 0 Å². The van der Waals surface area contributed by atoms with Crippen LogP contribution in [-0.4, -0.2) is 17.0 Å². The summed E-state index contributed by atoms with van der Waals surface area (Å²) in [5, 5.41) is 12.3. The largest absolute Gasteiger partial charge is 0.481 e. The van der Waals surface area contributed by atoms with Crippen molar-refractivity contribution in [3.63, 3.8) is 0 Å². The Morgan fingerprint density at radius 3 is 2.47 bits per heavy atom. The van der Waals surface area contributed by atoms with E-state index in [1.165, 1.54) is 13.8 Å². The zero-order valence-corrected chi connectivity index (χ0v) is 12.0. The van der Waals surface area contributed by atoms with Crippen molar-refractivity contribution in [1.82, 2.24) is 5.32 Å². The van der Waals surface area contributed by atoms with Gasteiger partial charge in [-0.15, -0.1) is 0 Å². The molecule has 0 aliphatic heterocycles. The fourth-order valence-corrected chi connectivity index (χ4v) is 1.97. The average molecular weight is 284 g/mol. The Morgan fingerprint density at radius 2 is 1.95 bits per heavy atom. The van der Waals surface area contributed by atoms with Crippen molar-refractivity contribution in [2.45, 2.75) is 33.2 Å². The van der Waals surface area contributed by atoms with Gasteiger partial charge < -0.3 is 10.4 Å². The van der Waals surface area contributed by atoms with E-state index in [0.717, 1.165) is 5.56 Å². The molecule has 1 aromatic rings. The average Bonchev–Trinajstić information content (AvgIpc) is 2.28. The van der Waals surface area contributed by atoms with Crippen molar-refractivity contribution < 1.29 is 14.7 Å². The molecule has 0 aliphatic rings. The van der Waals surface area contributed by atoms with Gasteiger partial charge in [-0.05, 0) is 32.4 Å². The molecule has 0 bridgehead atoms. The normalized spacial score (nSPS) is 12.8. The first-order valence-electron chi connectivity index (χ1n) is 6.01. The minimum Gasteiger partial charge on any atom is -0.481 e. The quantitative estimate of drug-likeness (QED) is 0.873. The molecule has 1 rings (SSSR count). The van der Waals surface area contributed by atoms with E-state index in [1.54, 1.807) is 6.07 Å². The van der Waals surface area contributed by atoms with Crippen molar-refractivity contribution in [3.8, 4) is 0 Å². The lowest BCUT2D eigenvalue weighted by atomic mass is 9.89.